The van der Waals surface area contributed by atoms with Crippen LogP contribution in [-0.4, -0.2) is 16.0 Å². The Morgan fingerprint density at radius 3 is 2.43 bits per heavy atom. The molecule has 0 atom stereocenters. The normalized spacial score (nSPS) is 14.3. The minimum absolute atomic E-state index is 0.326. The second-order valence-corrected chi connectivity index (χ2v) is 6.07. The van der Waals surface area contributed by atoms with E-state index in [1.165, 1.54) is 18.4 Å². The Morgan fingerprint density at radius 2 is 1.81 bits per heavy atom. The first-order chi connectivity index (χ1) is 10.1. The predicted octanol–water partition coefficient (Wildman–Crippen LogP) is 4.23. The third-order valence-electron chi connectivity index (χ3n) is 3.48. The van der Waals surface area contributed by atoms with E-state index in [4.69, 9.17) is 0 Å². The fourth-order valence-electron chi connectivity index (χ4n) is 2.23. The molecule has 0 bridgehead atoms. The van der Waals surface area contributed by atoms with Gasteiger partial charge in [-0.25, -0.2) is 4.98 Å². The highest BCUT2D eigenvalue weighted by molar-refractivity contribution is 5.58. The molecule has 21 heavy (non-hydrogen) atoms. The standard InChI is InChI=1S/C17H22N4/c1-11(2)18-17-20-15(13-6-7-13)10-16(21-17)19-14-8-4-12(3)5-9-14/h4-5,8-11,13H,6-7H2,1-3H3,(H2,18,19,20,21). The van der Waals surface area contributed by atoms with Crippen LogP contribution in [0.2, 0.25) is 0 Å². The zero-order chi connectivity index (χ0) is 14.8. The van der Waals surface area contributed by atoms with Gasteiger partial charge in [0, 0.05) is 23.7 Å². The molecule has 2 N–H and O–H groups in total. The Morgan fingerprint density at radius 1 is 1.10 bits per heavy atom. The summed E-state index contributed by atoms with van der Waals surface area (Å²) in [6.07, 6.45) is 2.48. The van der Waals surface area contributed by atoms with Gasteiger partial charge in [-0.1, -0.05) is 17.7 Å². The molecule has 0 unspecified atom stereocenters. The Bertz CT molecular complexity index is 615. The lowest BCUT2D eigenvalue weighted by molar-refractivity contribution is 0.864. The zero-order valence-electron chi connectivity index (χ0n) is 12.9. The molecule has 0 aliphatic heterocycles. The van der Waals surface area contributed by atoms with E-state index in [2.05, 4.69) is 71.7 Å². The molecule has 0 radical (unpaired) electrons. The van der Waals surface area contributed by atoms with Crippen molar-refractivity contribution in [3.05, 3.63) is 41.6 Å². The molecule has 1 aliphatic carbocycles. The molecule has 2 aromatic rings. The van der Waals surface area contributed by atoms with Gasteiger partial charge in [0.25, 0.3) is 0 Å². The maximum atomic E-state index is 4.63. The first kappa shape index (κ1) is 13.9. The molecule has 0 saturated heterocycles. The van der Waals surface area contributed by atoms with Crippen molar-refractivity contribution in [1.29, 1.82) is 0 Å². The lowest BCUT2D eigenvalue weighted by Gasteiger charge is -2.13. The average Bonchev–Trinajstić information content (AvgIpc) is 3.25. The molecule has 1 aromatic heterocycles. The highest BCUT2D eigenvalue weighted by atomic mass is 15.2. The Labute approximate surface area is 126 Å². The number of benzene rings is 1. The summed E-state index contributed by atoms with van der Waals surface area (Å²) >= 11 is 0. The highest BCUT2D eigenvalue weighted by Gasteiger charge is 2.26. The summed E-state index contributed by atoms with van der Waals surface area (Å²) in [6.45, 7) is 6.28. The lowest BCUT2D eigenvalue weighted by Crippen LogP contribution is -2.14. The average molecular weight is 282 g/mol. The van der Waals surface area contributed by atoms with Gasteiger partial charge < -0.3 is 10.6 Å². The van der Waals surface area contributed by atoms with Crippen LogP contribution < -0.4 is 10.6 Å². The number of nitrogens with one attached hydrogen (secondary N) is 2. The minimum atomic E-state index is 0.326. The van der Waals surface area contributed by atoms with Crippen molar-refractivity contribution in [2.75, 3.05) is 10.6 Å². The van der Waals surface area contributed by atoms with E-state index in [0.717, 1.165) is 17.2 Å². The van der Waals surface area contributed by atoms with Crippen LogP contribution in [0.3, 0.4) is 0 Å². The van der Waals surface area contributed by atoms with Crippen molar-refractivity contribution < 1.29 is 0 Å². The van der Waals surface area contributed by atoms with Crippen molar-refractivity contribution in [3.8, 4) is 0 Å². The number of hydrogen-bond acceptors (Lipinski definition) is 4. The van der Waals surface area contributed by atoms with Gasteiger partial charge in [-0.2, -0.15) is 4.98 Å². The minimum Gasteiger partial charge on any atom is -0.352 e. The summed E-state index contributed by atoms with van der Waals surface area (Å²) in [5.41, 5.74) is 3.45. The molecule has 4 heteroatoms. The van der Waals surface area contributed by atoms with Gasteiger partial charge in [0.15, 0.2) is 0 Å². The fraction of sp³-hybridized carbons (Fsp3) is 0.412. The topological polar surface area (TPSA) is 49.8 Å². The second kappa shape index (κ2) is 5.72. The summed E-state index contributed by atoms with van der Waals surface area (Å²) in [5.74, 6) is 2.18. The lowest BCUT2D eigenvalue weighted by atomic mass is 10.2. The summed E-state index contributed by atoms with van der Waals surface area (Å²) < 4.78 is 0. The summed E-state index contributed by atoms with van der Waals surface area (Å²) in [4.78, 5) is 9.20. The summed E-state index contributed by atoms with van der Waals surface area (Å²) in [5, 5.41) is 6.68. The van der Waals surface area contributed by atoms with Crippen LogP contribution in [0.15, 0.2) is 30.3 Å². The van der Waals surface area contributed by atoms with E-state index in [9.17, 15) is 0 Å². The van der Waals surface area contributed by atoms with Crippen LogP contribution in [0.5, 0.6) is 0 Å². The number of rotatable bonds is 5. The summed E-state index contributed by atoms with van der Waals surface area (Å²) in [7, 11) is 0. The predicted molar refractivity (Wildman–Crippen MR) is 87.2 cm³/mol. The molecule has 110 valence electrons. The smallest absolute Gasteiger partial charge is 0.225 e. The van der Waals surface area contributed by atoms with Gasteiger partial charge >= 0.3 is 0 Å². The summed E-state index contributed by atoms with van der Waals surface area (Å²) in [6, 6.07) is 10.7. The first-order valence-corrected chi connectivity index (χ1v) is 7.59. The van der Waals surface area contributed by atoms with Gasteiger partial charge in [-0.05, 0) is 45.7 Å². The van der Waals surface area contributed by atoms with Crippen molar-refractivity contribution in [2.24, 2.45) is 0 Å². The largest absolute Gasteiger partial charge is 0.352 e. The van der Waals surface area contributed by atoms with E-state index >= 15 is 0 Å². The van der Waals surface area contributed by atoms with Gasteiger partial charge in [-0.15, -0.1) is 0 Å². The van der Waals surface area contributed by atoms with Crippen LogP contribution in [0.1, 0.15) is 43.9 Å². The molecule has 4 nitrogen and oxygen atoms in total. The van der Waals surface area contributed by atoms with E-state index in [0.29, 0.717) is 17.9 Å². The fourth-order valence-corrected chi connectivity index (χ4v) is 2.23. The molecule has 1 aromatic carbocycles. The molecule has 1 heterocycles. The second-order valence-electron chi connectivity index (χ2n) is 6.07. The van der Waals surface area contributed by atoms with E-state index in [1.54, 1.807) is 0 Å². The molecular weight excluding hydrogens is 260 g/mol. The van der Waals surface area contributed by atoms with Gasteiger partial charge in [-0.3, -0.25) is 0 Å². The number of anilines is 3. The van der Waals surface area contributed by atoms with Gasteiger partial charge in [0.1, 0.15) is 5.82 Å². The molecule has 1 fully saturated rings. The van der Waals surface area contributed by atoms with Crippen molar-refractivity contribution in [3.63, 3.8) is 0 Å². The number of hydrogen-bond donors (Lipinski definition) is 2. The Kier molecular flexibility index (Phi) is 3.78. The molecule has 0 spiro atoms. The van der Waals surface area contributed by atoms with Crippen LogP contribution in [0, 0.1) is 6.92 Å². The SMILES string of the molecule is Cc1ccc(Nc2cc(C3CC3)nc(NC(C)C)n2)cc1. The molecule has 3 rings (SSSR count). The third-order valence-corrected chi connectivity index (χ3v) is 3.48. The van der Waals surface area contributed by atoms with Crippen LogP contribution in [-0.2, 0) is 0 Å². The zero-order valence-corrected chi connectivity index (χ0v) is 12.9. The quantitative estimate of drug-likeness (QED) is 0.861. The molecule has 1 aliphatic rings. The van der Waals surface area contributed by atoms with E-state index in [1.807, 2.05) is 0 Å². The number of nitrogens with zero attached hydrogens (tertiary/aromatic N) is 2. The maximum Gasteiger partial charge on any atom is 0.225 e. The van der Waals surface area contributed by atoms with Crippen LogP contribution in [0.4, 0.5) is 17.5 Å². The van der Waals surface area contributed by atoms with Crippen molar-refractivity contribution in [1.82, 2.24) is 9.97 Å². The Hall–Kier alpha value is -2.10. The highest BCUT2D eigenvalue weighted by Crippen LogP contribution is 2.40. The molecular formula is C17H22N4. The first-order valence-electron chi connectivity index (χ1n) is 7.59. The van der Waals surface area contributed by atoms with Crippen LogP contribution >= 0.6 is 0 Å². The van der Waals surface area contributed by atoms with Crippen molar-refractivity contribution >= 4 is 17.5 Å². The number of aromatic nitrogens is 2. The van der Waals surface area contributed by atoms with Crippen molar-refractivity contribution in [2.45, 2.75) is 45.6 Å². The monoisotopic (exact) mass is 282 g/mol. The van der Waals surface area contributed by atoms with E-state index in [-0.39, 0.29) is 0 Å². The maximum absolute atomic E-state index is 4.63. The molecule has 0 amide bonds. The molecule has 1 saturated carbocycles. The van der Waals surface area contributed by atoms with Gasteiger partial charge in [0.2, 0.25) is 5.95 Å². The number of aryl methyl sites for hydroxylation is 1. The third kappa shape index (κ3) is 3.72. The van der Waals surface area contributed by atoms with Crippen LogP contribution in [0.25, 0.3) is 0 Å². The van der Waals surface area contributed by atoms with Gasteiger partial charge in [0.05, 0.1) is 5.69 Å². The van der Waals surface area contributed by atoms with E-state index < -0.39 is 0 Å². The Balaban J connectivity index is 1.85.